The Morgan fingerprint density at radius 2 is 1.59 bits per heavy atom. The van der Waals surface area contributed by atoms with Crippen LogP contribution in [0.25, 0.3) is 11.0 Å². The van der Waals surface area contributed by atoms with Crippen LogP contribution in [0, 0.1) is 0 Å². The average molecular weight is 639 g/mol. The number of aromatic nitrogens is 4. The first-order valence-corrected chi connectivity index (χ1v) is 16.4. The summed E-state index contributed by atoms with van der Waals surface area (Å²) >= 11 is 0. The van der Waals surface area contributed by atoms with Gasteiger partial charge in [-0.2, -0.15) is 4.98 Å². The second kappa shape index (κ2) is 22.7. The molecule has 0 amide bonds. The number of benzene rings is 1. The number of aliphatic imine (C=N–C) groups is 1. The van der Waals surface area contributed by atoms with Gasteiger partial charge in [0.1, 0.15) is 5.39 Å². The van der Waals surface area contributed by atoms with Gasteiger partial charge in [-0.25, -0.2) is 9.67 Å². The van der Waals surface area contributed by atoms with Crippen LogP contribution >= 0.6 is 0 Å². The number of aryl methyl sites for hydroxylation is 1. The van der Waals surface area contributed by atoms with Gasteiger partial charge in [0.2, 0.25) is 5.95 Å². The molecule has 0 spiro atoms. The van der Waals surface area contributed by atoms with E-state index >= 15 is 0 Å². The fourth-order valence-corrected chi connectivity index (χ4v) is 4.11. The zero-order valence-corrected chi connectivity index (χ0v) is 30.7. The normalized spacial score (nSPS) is 13.8. The topological polar surface area (TPSA) is 104 Å². The molecule has 0 bridgehead atoms. The molecule has 2 N–H and O–H groups in total. The first-order chi connectivity index (χ1) is 21.8. The second-order valence-corrected chi connectivity index (χ2v) is 11.4. The van der Waals surface area contributed by atoms with Gasteiger partial charge in [0, 0.05) is 63.9 Å². The molecule has 1 aliphatic heterocycles. The van der Waals surface area contributed by atoms with Gasteiger partial charge in [-0.05, 0) is 85.4 Å². The smallest absolute Gasteiger partial charge is 0.278 e. The molecule has 1 aromatic carbocycles. The molecule has 1 aliphatic rings. The van der Waals surface area contributed by atoms with Gasteiger partial charge in [-0.15, -0.1) is 6.58 Å². The maximum atomic E-state index is 12.5. The molecule has 1 atom stereocenters. The molecule has 10 nitrogen and oxygen atoms in total. The van der Waals surface area contributed by atoms with Crippen molar-refractivity contribution >= 4 is 34.6 Å². The summed E-state index contributed by atoms with van der Waals surface area (Å²) in [6.07, 6.45) is 10.2. The van der Waals surface area contributed by atoms with Crippen molar-refractivity contribution < 1.29 is 5.11 Å². The Bertz CT molecular complexity index is 1340. The van der Waals surface area contributed by atoms with Crippen LogP contribution in [0.5, 0.6) is 0 Å². The van der Waals surface area contributed by atoms with Gasteiger partial charge < -0.3 is 20.3 Å². The van der Waals surface area contributed by atoms with E-state index in [2.05, 4.69) is 62.6 Å². The zero-order valence-electron chi connectivity index (χ0n) is 30.7. The standard InChI is InChI=1S/C23H31N7O.C4H10O.C4H8.C3H7N.C2H6/c1-5-11-30-22(31)20-16-24-23(26-21(20)27(30)4)25-18-7-9-19(10-8-18)29-14-12-28(13-15-29)17(3)6-2;1-4(2,3)5;2*1-3-4-2;1-2/h5,7-10,16-17H,1,6,11-15H2,2-4H3,(H,24,25,26);5H,1-3H3;3-4H,1-2H3;3H,1-2H3;1-2H3/b;;4-3+;;. The Morgan fingerprint density at radius 3 is 2.02 bits per heavy atom. The SMILES string of the molecule is C/C=C/C.C=CCn1c(=O)c2cnc(Nc3ccc(N4CCN(C(C)CC)CC4)cc3)nc2n1C.CC.CC(C)(C)O.CC=NC. The van der Waals surface area contributed by atoms with Crippen molar-refractivity contribution in [1.29, 1.82) is 0 Å². The maximum absolute atomic E-state index is 12.5. The Kier molecular flexibility index (Phi) is 20.8. The van der Waals surface area contributed by atoms with E-state index in [0.29, 0.717) is 29.6 Å². The summed E-state index contributed by atoms with van der Waals surface area (Å²) < 4.78 is 3.33. The number of rotatable bonds is 7. The van der Waals surface area contributed by atoms with Crippen molar-refractivity contribution in [1.82, 2.24) is 24.2 Å². The number of hydrogen-bond acceptors (Lipinski definition) is 8. The number of anilines is 3. The number of hydrogen-bond donors (Lipinski definition) is 2. The molecule has 1 fully saturated rings. The maximum Gasteiger partial charge on any atom is 0.278 e. The summed E-state index contributed by atoms with van der Waals surface area (Å²) in [7, 11) is 3.57. The minimum absolute atomic E-state index is 0.110. The minimum atomic E-state index is -0.500. The number of allylic oxidation sites excluding steroid dienone is 3. The summed E-state index contributed by atoms with van der Waals surface area (Å²) in [6.45, 7) is 28.1. The van der Waals surface area contributed by atoms with Crippen LogP contribution in [-0.4, -0.2) is 80.4 Å². The van der Waals surface area contributed by atoms with E-state index in [4.69, 9.17) is 5.11 Å². The monoisotopic (exact) mass is 638 g/mol. The molecule has 1 unspecified atom stereocenters. The van der Waals surface area contributed by atoms with Crippen molar-refractivity contribution in [3.8, 4) is 0 Å². The Labute approximate surface area is 278 Å². The van der Waals surface area contributed by atoms with Crippen molar-refractivity contribution in [3.05, 3.63) is 65.6 Å². The molecule has 0 radical (unpaired) electrons. The number of piperazine rings is 1. The van der Waals surface area contributed by atoms with Crippen LogP contribution in [0.1, 0.15) is 75.7 Å². The summed E-state index contributed by atoms with van der Waals surface area (Å²) in [6, 6.07) is 9.02. The summed E-state index contributed by atoms with van der Waals surface area (Å²) in [4.78, 5) is 29.9. The van der Waals surface area contributed by atoms with Gasteiger partial charge in [-0.3, -0.25) is 14.4 Å². The molecule has 1 saturated heterocycles. The van der Waals surface area contributed by atoms with Crippen LogP contribution in [0.4, 0.5) is 17.3 Å². The Morgan fingerprint density at radius 1 is 1.07 bits per heavy atom. The highest BCUT2D eigenvalue weighted by atomic mass is 16.3. The van der Waals surface area contributed by atoms with Crippen molar-refractivity contribution in [2.45, 2.75) is 93.8 Å². The zero-order chi connectivity index (χ0) is 35.3. The molecule has 4 rings (SSSR count). The highest BCUT2D eigenvalue weighted by Gasteiger charge is 2.20. The first kappa shape index (κ1) is 42.2. The third-order valence-corrected chi connectivity index (χ3v) is 6.81. The van der Waals surface area contributed by atoms with E-state index in [0.717, 1.165) is 31.9 Å². The van der Waals surface area contributed by atoms with E-state index in [1.807, 2.05) is 66.0 Å². The fourth-order valence-electron chi connectivity index (χ4n) is 4.11. The molecule has 3 heterocycles. The van der Waals surface area contributed by atoms with Gasteiger partial charge in [0.05, 0.1) is 12.1 Å². The van der Waals surface area contributed by atoms with Crippen LogP contribution in [0.2, 0.25) is 0 Å². The molecule has 2 aromatic heterocycles. The van der Waals surface area contributed by atoms with E-state index in [1.54, 1.807) is 55.7 Å². The fraction of sp³-hybridized carbons (Fsp3) is 0.556. The highest BCUT2D eigenvalue weighted by Crippen LogP contribution is 2.22. The van der Waals surface area contributed by atoms with Crippen molar-refractivity contribution in [2.75, 3.05) is 43.4 Å². The molecule has 258 valence electrons. The number of fused-ring (bicyclic) bond motifs is 1. The Hall–Kier alpha value is -3.76. The molecule has 0 saturated carbocycles. The molecule has 3 aromatic rings. The molecule has 46 heavy (non-hydrogen) atoms. The third kappa shape index (κ3) is 15.0. The van der Waals surface area contributed by atoms with Gasteiger partial charge in [0.25, 0.3) is 5.56 Å². The molecule has 10 heteroatoms. The molecular formula is C36H62N8O2. The van der Waals surface area contributed by atoms with Gasteiger partial charge >= 0.3 is 0 Å². The summed E-state index contributed by atoms with van der Waals surface area (Å²) in [5, 5.41) is 12.3. The van der Waals surface area contributed by atoms with E-state index in [9.17, 15) is 4.79 Å². The lowest BCUT2D eigenvalue weighted by molar-refractivity contribution is 0.102. The Balaban J connectivity index is 0.00000114. The lowest BCUT2D eigenvalue weighted by Crippen LogP contribution is -2.49. The molecule has 0 aliphatic carbocycles. The minimum Gasteiger partial charge on any atom is -0.391 e. The summed E-state index contributed by atoms with van der Waals surface area (Å²) in [5.74, 6) is 0.466. The lowest BCUT2D eigenvalue weighted by Gasteiger charge is -2.39. The third-order valence-electron chi connectivity index (χ3n) is 6.81. The van der Waals surface area contributed by atoms with Crippen LogP contribution in [-0.2, 0) is 13.6 Å². The van der Waals surface area contributed by atoms with Crippen molar-refractivity contribution in [2.24, 2.45) is 12.0 Å². The average Bonchev–Trinajstić information content (AvgIpc) is 3.29. The largest absolute Gasteiger partial charge is 0.391 e. The highest BCUT2D eigenvalue weighted by molar-refractivity contribution is 5.75. The van der Waals surface area contributed by atoms with Gasteiger partial charge in [0.15, 0.2) is 5.65 Å². The van der Waals surface area contributed by atoms with E-state index in [1.165, 1.54) is 12.1 Å². The van der Waals surface area contributed by atoms with Crippen LogP contribution in [0.15, 0.2) is 65.1 Å². The quantitative estimate of drug-likeness (QED) is 0.211. The van der Waals surface area contributed by atoms with Crippen molar-refractivity contribution in [3.63, 3.8) is 0 Å². The number of aliphatic hydroxyl groups is 1. The van der Waals surface area contributed by atoms with Gasteiger partial charge in [-0.1, -0.05) is 39.0 Å². The lowest BCUT2D eigenvalue weighted by atomic mass is 10.1. The van der Waals surface area contributed by atoms with E-state index < -0.39 is 5.60 Å². The number of nitrogens with zero attached hydrogens (tertiary/aromatic N) is 7. The predicted octanol–water partition coefficient (Wildman–Crippen LogP) is 7.07. The summed E-state index contributed by atoms with van der Waals surface area (Å²) in [5.41, 5.74) is 2.13. The van der Waals surface area contributed by atoms with Crippen LogP contribution in [0.3, 0.4) is 0 Å². The molecular weight excluding hydrogens is 576 g/mol. The van der Waals surface area contributed by atoms with E-state index in [-0.39, 0.29) is 5.56 Å². The van der Waals surface area contributed by atoms with Crippen LogP contribution < -0.4 is 15.8 Å². The second-order valence-electron chi connectivity index (χ2n) is 11.4. The number of nitrogens with one attached hydrogen (secondary N) is 1. The first-order valence-electron chi connectivity index (χ1n) is 16.4. The predicted molar refractivity (Wildman–Crippen MR) is 200 cm³/mol.